The summed E-state index contributed by atoms with van der Waals surface area (Å²) in [5, 5.41) is 9.89. The molecule has 0 amide bonds. The quantitative estimate of drug-likeness (QED) is 0.414. The van der Waals surface area contributed by atoms with E-state index in [2.05, 4.69) is 24.3 Å². The van der Waals surface area contributed by atoms with Crippen LogP contribution in [0.4, 0.5) is 0 Å². The fourth-order valence-electron chi connectivity index (χ4n) is 2.96. The minimum absolute atomic E-state index is 0.00908. The molecule has 1 unspecified atom stereocenters. The van der Waals surface area contributed by atoms with E-state index in [9.17, 15) is 5.11 Å². The van der Waals surface area contributed by atoms with Gasteiger partial charge in [0, 0.05) is 27.3 Å². The molecule has 0 aliphatic carbocycles. The van der Waals surface area contributed by atoms with Crippen molar-refractivity contribution in [3.63, 3.8) is 0 Å². The predicted octanol–water partition coefficient (Wildman–Crippen LogP) is 6.06. The van der Waals surface area contributed by atoms with Gasteiger partial charge in [-0.3, -0.25) is 0 Å². The summed E-state index contributed by atoms with van der Waals surface area (Å²) in [6, 6.07) is 22.6. The normalized spacial score (nSPS) is 16.9. The molecule has 1 aromatic heterocycles. The molecule has 2 heterocycles. The summed E-state index contributed by atoms with van der Waals surface area (Å²) in [6.07, 6.45) is 5.29. The molecule has 0 saturated heterocycles. The van der Waals surface area contributed by atoms with Crippen LogP contribution in [0.5, 0.6) is 0 Å². The van der Waals surface area contributed by atoms with Gasteiger partial charge in [0.05, 0.1) is 12.5 Å². The van der Waals surface area contributed by atoms with E-state index in [0.717, 1.165) is 15.4 Å². The molecular weight excluding hydrogens is 364 g/mol. The molecule has 0 bridgehead atoms. The number of rotatable bonds is 6. The zero-order chi connectivity index (χ0) is 17.8. The number of thioether (sulfide) groups is 2. The van der Waals surface area contributed by atoms with E-state index in [-0.39, 0.29) is 11.9 Å². The van der Waals surface area contributed by atoms with Crippen LogP contribution in [0.25, 0.3) is 0 Å². The third-order valence-electron chi connectivity index (χ3n) is 4.19. The largest absolute Gasteiger partial charge is 0.481 e. The average Bonchev–Trinajstić information content (AvgIpc) is 3.35. The lowest BCUT2D eigenvalue weighted by Gasteiger charge is -2.35. The predicted molar refractivity (Wildman–Crippen MR) is 105 cm³/mol. The molecule has 3 aromatic rings. The van der Waals surface area contributed by atoms with Crippen molar-refractivity contribution < 1.29 is 14.3 Å². The van der Waals surface area contributed by atoms with Gasteiger partial charge in [-0.1, -0.05) is 36.4 Å². The Balaban J connectivity index is 1.82. The molecule has 0 spiro atoms. The maximum atomic E-state index is 9.89. The van der Waals surface area contributed by atoms with Gasteiger partial charge in [-0.15, -0.1) is 23.5 Å². The first-order valence-corrected chi connectivity index (χ1v) is 9.94. The van der Waals surface area contributed by atoms with Crippen molar-refractivity contribution in [2.24, 2.45) is 5.92 Å². The molecule has 4 rings (SSSR count). The Kier molecular flexibility index (Phi) is 5.00. The summed E-state index contributed by atoms with van der Waals surface area (Å²) in [5.74, 6) is -0.0271. The zero-order valence-electron chi connectivity index (χ0n) is 13.9. The Morgan fingerprint density at radius 3 is 1.96 bits per heavy atom. The van der Waals surface area contributed by atoms with Crippen molar-refractivity contribution in [3.05, 3.63) is 96.8 Å². The zero-order valence-corrected chi connectivity index (χ0v) is 15.6. The standard InChI is InChI=1S/C21H18O3S2/c22-20-13-17(15-24-20)21(16-11-12-23-14-16,25-18-7-3-1-4-8-18)26-19-9-5-2-6-10-19/h1-14,17,22H,15H2. The maximum Gasteiger partial charge on any atom is 0.272 e. The minimum atomic E-state index is -0.430. The number of furan rings is 1. The smallest absolute Gasteiger partial charge is 0.272 e. The van der Waals surface area contributed by atoms with E-state index >= 15 is 0 Å². The van der Waals surface area contributed by atoms with Crippen LogP contribution in [0.15, 0.2) is 105 Å². The number of benzene rings is 2. The SMILES string of the molecule is OC1=CC(C(Sc2ccccc2)(Sc2ccccc2)c2ccoc2)CO1. The molecule has 0 radical (unpaired) electrons. The molecule has 132 valence electrons. The van der Waals surface area contributed by atoms with Gasteiger partial charge in [0.25, 0.3) is 5.95 Å². The van der Waals surface area contributed by atoms with E-state index < -0.39 is 4.08 Å². The summed E-state index contributed by atoms with van der Waals surface area (Å²) >= 11 is 3.51. The number of hydrogen-bond acceptors (Lipinski definition) is 5. The van der Waals surface area contributed by atoms with Crippen LogP contribution in [-0.2, 0) is 8.82 Å². The number of ether oxygens (including phenoxy) is 1. The average molecular weight is 383 g/mol. The highest BCUT2D eigenvalue weighted by atomic mass is 32.2. The van der Waals surface area contributed by atoms with Crippen molar-refractivity contribution in [2.45, 2.75) is 13.9 Å². The van der Waals surface area contributed by atoms with E-state index in [0.29, 0.717) is 6.61 Å². The van der Waals surface area contributed by atoms with Gasteiger partial charge in [-0.25, -0.2) is 0 Å². The van der Waals surface area contributed by atoms with E-state index in [1.165, 1.54) is 0 Å². The van der Waals surface area contributed by atoms with Gasteiger partial charge in [0.2, 0.25) is 0 Å². The van der Waals surface area contributed by atoms with Gasteiger partial charge >= 0.3 is 0 Å². The maximum absolute atomic E-state index is 9.89. The molecule has 1 N–H and O–H groups in total. The second-order valence-electron chi connectivity index (χ2n) is 5.93. The lowest BCUT2D eigenvalue weighted by molar-refractivity contribution is 0.107. The van der Waals surface area contributed by atoms with Crippen LogP contribution in [0.3, 0.4) is 0 Å². The lowest BCUT2D eigenvalue weighted by atomic mass is 10.0. The van der Waals surface area contributed by atoms with Gasteiger partial charge in [-0.05, 0) is 30.3 Å². The van der Waals surface area contributed by atoms with E-state index in [4.69, 9.17) is 9.15 Å². The Morgan fingerprint density at radius 1 is 0.885 bits per heavy atom. The number of hydrogen-bond donors (Lipinski definition) is 1. The highest BCUT2D eigenvalue weighted by Gasteiger charge is 2.45. The molecule has 5 heteroatoms. The lowest BCUT2D eigenvalue weighted by Crippen LogP contribution is -2.28. The molecule has 0 fully saturated rings. The molecule has 2 aromatic carbocycles. The summed E-state index contributed by atoms with van der Waals surface area (Å²) in [7, 11) is 0. The number of aliphatic hydroxyl groups is 1. The van der Waals surface area contributed by atoms with E-state index in [1.54, 1.807) is 42.1 Å². The van der Waals surface area contributed by atoms with Gasteiger partial charge in [-0.2, -0.15) is 0 Å². The molecule has 1 aliphatic rings. The Bertz CT molecular complexity index is 819. The first-order valence-electron chi connectivity index (χ1n) is 8.31. The molecule has 1 aliphatic heterocycles. The molecule has 26 heavy (non-hydrogen) atoms. The van der Waals surface area contributed by atoms with Crippen molar-refractivity contribution in [2.75, 3.05) is 6.61 Å². The first kappa shape index (κ1) is 17.2. The first-order chi connectivity index (χ1) is 12.8. The Hall–Kier alpha value is -2.24. The topological polar surface area (TPSA) is 42.6 Å². The van der Waals surface area contributed by atoms with Crippen LogP contribution in [0, 0.1) is 5.92 Å². The second kappa shape index (κ2) is 7.56. The second-order valence-corrected chi connectivity index (χ2v) is 8.83. The fourth-order valence-corrected chi connectivity index (χ4v) is 6.03. The third-order valence-corrected chi connectivity index (χ3v) is 7.39. The summed E-state index contributed by atoms with van der Waals surface area (Å²) in [4.78, 5) is 2.30. The molecule has 3 nitrogen and oxygen atoms in total. The van der Waals surface area contributed by atoms with Crippen molar-refractivity contribution >= 4 is 23.5 Å². The van der Waals surface area contributed by atoms with Gasteiger partial charge < -0.3 is 14.3 Å². The number of aliphatic hydroxyl groups excluding tert-OH is 1. The fraction of sp³-hybridized carbons (Fsp3) is 0.143. The minimum Gasteiger partial charge on any atom is -0.481 e. The third kappa shape index (κ3) is 3.50. The highest BCUT2D eigenvalue weighted by Crippen LogP contribution is 2.59. The summed E-state index contributed by atoms with van der Waals surface area (Å²) in [6.45, 7) is 0.427. The van der Waals surface area contributed by atoms with Crippen LogP contribution in [0.2, 0.25) is 0 Å². The van der Waals surface area contributed by atoms with E-state index in [1.807, 2.05) is 42.5 Å². The van der Waals surface area contributed by atoms with Gasteiger partial charge in [0.1, 0.15) is 10.7 Å². The van der Waals surface area contributed by atoms with Gasteiger partial charge in [0.15, 0.2) is 0 Å². The van der Waals surface area contributed by atoms with Crippen LogP contribution in [-0.4, -0.2) is 11.7 Å². The molecule has 0 saturated carbocycles. The highest BCUT2D eigenvalue weighted by molar-refractivity contribution is 8.17. The summed E-state index contributed by atoms with van der Waals surface area (Å²) < 4.78 is 10.4. The molecular formula is C21H18O3S2. The monoisotopic (exact) mass is 382 g/mol. The van der Waals surface area contributed by atoms with Crippen LogP contribution in [0.1, 0.15) is 5.56 Å². The summed E-state index contributed by atoms with van der Waals surface area (Å²) in [5.41, 5.74) is 1.06. The van der Waals surface area contributed by atoms with Crippen molar-refractivity contribution in [1.82, 2.24) is 0 Å². The Labute approximate surface area is 161 Å². The van der Waals surface area contributed by atoms with Crippen LogP contribution < -0.4 is 0 Å². The van der Waals surface area contributed by atoms with Crippen LogP contribution >= 0.6 is 23.5 Å². The molecule has 1 atom stereocenters. The van der Waals surface area contributed by atoms with Crippen molar-refractivity contribution in [1.29, 1.82) is 0 Å². The Morgan fingerprint density at radius 2 is 1.50 bits per heavy atom. The van der Waals surface area contributed by atoms with Crippen molar-refractivity contribution in [3.8, 4) is 0 Å².